The van der Waals surface area contributed by atoms with Gasteiger partial charge >= 0.3 is 8.80 Å². The van der Waals surface area contributed by atoms with Gasteiger partial charge in [0.05, 0.1) is 132 Å². The minimum Gasteiger partial charge on any atom is -0.379 e. The highest BCUT2D eigenvalue weighted by atomic mass is 32.1. The lowest BCUT2D eigenvalue weighted by molar-refractivity contribution is -0.0217. The maximum atomic E-state index is 6.17. The first-order valence-corrected chi connectivity index (χ1v) is 19.6. The van der Waals surface area contributed by atoms with Crippen LogP contribution < -0.4 is 0 Å². The molecule has 0 heterocycles. The summed E-state index contributed by atoms with van der Waals surface area (Å²) in [7, 11) is -2.87. The molecule has 0 spiro atoms. The van der Waals surface area contributed by atoms with Gasteiger partial charge in [-0.1, -0.05) is 13.8 Å². The molecule has 0 atom stereocenters. The van der Waals surface area contributed by atoms with Gasteiger partial charge in [-0.15, -0.1) is 0 Å². The molecule has 0 saturated carbocycles. The summed E-state index contributed by atoms with van der Waals surface area (Å²) in [5, 5.41) is 0. The molecule has 0 unspecified atom stereocenters. The number of hydrogen-bond donors (Lipinski definition) is 1. The number of hydrogen-bond acceptors (Lipinski definition) is 14. The van der Waals surface area contributed by atoms with Crippen LogP contribution in [0.1, 0.15) is 40.0 Å². The second kappa shape index (κ2) is 39.5. The third-order valence-electron chi connectivity index (χ3n) is 5.78. The van der Waals surface area contributed by atoms with E-state index in [9.17, 15) is 0 Å². The van der Waals surface area contributed by atoms with Crippen LogP contribution in [-0.4, -0.2) is 167 Å². The average Bonchev–Trinajstić information content (AvgIpc) is 3.06. The maximum Gasteiger partial charge on any atom is 0.501 e. The standard InChI is InChI=1S/C31H66O13SSi/c1-4-8-32-10-12-34-14-16-36-18-20-38-22-24-40-26-28-43-46(42-6-3,31-7-30-45)44-29-27-41-25-23-39-21-19-37-17-15-35-13-11-33-9-5-2/h45H,4-31H2,1-3H3. The van der Waals surface area contributed by atoms with E-state index in [1.165, 1.54) is 0 Å². The Morgan fingerprint density at radius 1 is 0.348 bits per heavy atom. The van der Waals surface area contributed by atoms with E-state index in [1.807, 2.05) is 6.92 Å². The molecular formula is C31H66O13SSi. The third-order valence-corrected chi connectivity index (χ3v) is 9.08. The van der Waals surface area contributed by atoms with Crippen LogP contribution in [0.5, 0.6) is 0 Å². The van der Waals surface area contributed by atoms with Crippen molar-refractivity contribution in [1.29, 1.82) is 0 Å². The van der Waals surface area contributed by atoms with Crippen molar-refractivity contribution in [3.05, 3.63) is 0 Å². The summed E-state index contributed by atoms with van der Waals surface area (Å²) in [6, 6.07) is 0.686. The monoisotopic (exact) mass is 706 g/mol. The molecule has 0 aliphatic heterocycles. The molecule has 46 heavy (non-hydrogen) atoms. The fraction of sp³-hybridized carbons (Fsp3) is 1.00. The largest absolute Gasteiger partial charge is 0.501 e. The lowest BCUT2D eigenvalue weighted by Crippen LogP contribution is -2.47. The molecule has 0 radical (unpaired) electrons. The van der Waals surface area contributed by atoms with Gasteiger partial charge in [0.1, 0.15) is 0 Å². The summed E-state index contributed by atoms with van der Waals surface area (Å²) in [6.07, 6.45) is 2.87. The van der Waals surface area contributed by atoms with Crippen molar-refractivity contribution in [3.8, 4) is 0 Å². The Kier molecular flexibility index (Phi) is 39.5. The minimum absolute atomic E-state index is 0.377. The van der Waals surface area contributed by atoms with Crippen LogP contribution in [0.25, 0.3) is 0 Å². The molecule has 13 nitrogen and oxygen atoms in total. The van der Waals surface area contributed by atoms with Crippen LogP contribution in [0.3, 0.4) is 0 Å². The Morgan fingerprint density at radius 2 is 0.609 bits per heavy atom. The molecular weight excluding hydrogens is 640 g/mol. The zero-order chi connectivity index (χ0) is 33.5. The van der Waals surface area contributed by atoms with Crippen LogP contribution in [0.15, 0.2) is 0 Å². The molecule has 0 aliphatic carbocycles. The normalized spacial score (nSPS) is 12.0. The van der Waals surface area contributed by atoms with Gasteiger partial charge in [0.25, 0.3) is 0 Å². The fourth-order valence-electron chi connectivity index (χ4n) is 3.62. The van der Waals surface area contributed by atoms with E-state index in [4.69, 9.17) is 60.6 Å². The van der Waals surface area contributed by atoms with Gasteiger partial charge < -0.3 is 60.6 Å². The van der Waals surface area contributed by atoms with Crippen LogP contribution in [0, 0.1) is 0 Å². The smallest absolute Gasteiger partial charge is 0.379 e. The van der Waals surface area contributed by atoms with E-state index in [2.05, 4.69) is 26.5 Å². The summed E-state index contributed by atoms with van der Waals surface area (Å²) in [4.78, 5) is 0. The molecule has 0 amide bonds. The van der Waals surface area contributed by atoms with Gasteiger partial charge in [-0.05, 0) is 31.9 Å². The van der Waals surface area contributed by atoms with Crippen molar-refractivity contribution in [2.45, 2.75) is 46.1 Å². The molecule has 0 fully saturated rings. The van der Waals surface area contributed by atoms with Crippen LogP contribution >= 0.6 is 12.6 Å². The fourth-order valence-corrected chi connectivity index (χ4v) is 6.60. The van der Waals surface area contributed by atoms with Crippen molar-refractivity contribution in [2.24, 2.45) is 0 Å². The molecule has 0 N–H and O–H groups in total. The molecule has 0 bridgehead atoms. The first kappa shape index (κ1) is 46.0. The van der Waals surface area contributed by atoms with Gasteiger partial charge in [-0.25, -0.2) is 0 Å². The second-order valence-corrected chi connectivity index (χ2v) is 12.9. The van der Waals surface area contributed by atoms with Crippen LogP contribution in [-0.2, 0) is 60.6 Å². The lowest BCUT2D eigenvalue weighted by Gasteiger charge is -2.29. The van der Waals surface area contributed by atoms with Gasteiger partial charge in [-0.2, -0.15) is 12.6 Å². The maximum absolute atomic E-state index is 6.17. The highest BCUT2D eigenvalue weighted by molar-refractivity contribution is 7.80. The Labute approximate surface area is 285 Å². The van der Waals surface area contributed by atoms with Crippen molar-refractivity contribution < 1.29 is 60.6 Å². The van der Waals surface area contributed by atoms with Crippen LogP contribution in [0.2, 0.25) is 6.04 Å². The Morgan fingerprint density at radius 3 is 0.848 bits per heavy atom. The Bertz CT molecular complexity index is 535. The highest BCUT2D eigenvalue weighted by Gasteiger charge is 2.40. The topological polar surface area (TPSA) is 120 Å². The van der Waals surface area contributed by atoms with E-state index in [-0.39, 0.29) is 0 Å². The first-order chi connectivity index (χ1) is 22.7. The molecule has 278 valence electrons. The quantitative estimate of drug-likeness (QED) is 0.0570. The Hall–Kier alpha value is 0.0469. The number of thiol groups is 1. The molecule has 0 saturated heterocycles. The number of rotatable bonds is 41. The predicted molar refractivity (Wildman–Crippen MR) is 181 cm³/mol. The Balaban J connectivity index is 3.79. The molecule has 0 rings (SSSR count). The summed E-state index contributed by atoms with van der Waals surface area (Å²) < 4.78 is 73.4. The molecule has 15 heteroatoms. The van der Waals surface area contributed by atoms with E-state index in [0.29, 0.717) is 145 Å². The summed E-state index contributed by atoms with van der Waals surface area (Å²) in [5.74, 6) is 0.728. The van der Waals surface area contributed by atoms with E-state index >= 15 is 0 Å². The van der Waals surface area contributed by atoms with E-state index in [1.54, 1.807) is 0 Å². The SMILES string of the molecule is CCCOCCOCCOCCOCCOCCO[Si](CCCS)(OCC)OCCOCCOCCOCCOCCOCCC. The van der Waals surface area contributed by atoms with Gasteiger partial charge in [0, 0.05) is 25.9 Å². The number of ether oxygens (including phenoxy) is 10. The predicted octanol–water partition coefficient (Wildman–Crippen LogP) is 3.30. The van der Waals surface area contributed by atoms with Gasteiger partial charge in [-0.3, -0.25) is 0 Å². The van der Waals surface area contributed by atoms with Crippen LogP contribution in [0.4, 0.5) is 0 Å². The third kappa shape index (κ3) is 33.9. The van der Waals surface area contributed by atoms with Crippen molar-refractivity contribution >= 4 is 21.4 Å². The molecule has 0 aromatic heterocycles. The zero-order valence-corrected chi connectivity index (χ0v) is 30.9. The highest BCUT2D eigenvalue weighted by Crippen LogP contribution is 2.18. The van der Waals surface area contributed by atoms with Gasteiger partial charge in [0.2, 0.25) is 0 Å². The van der Waals surface area contributed by atoms with E-state index < -0.39 is 8.80 Å². The lowest BCUT2D eigenvalue weighted by atomic mass is 10.5. The first-order valence-electron chi connectivity index (χ1n) is 17.0. The molecule has 0 aliphatic rings. The van der Waals surface area contributed by atoms with Crippen molar-refractivity contribution in [2.75, 3.05) is 158 Å². The van der Waals surface area contributed by atoms with Crippen molar-refractivity contribution in [1.82, 2.24) is 0 Å². The summed E-state index contributed by atoms with van der Waals surface area (Å²) in [5.41, 5.74) is 0. The van der Waals surface area contributed by atoms with Crippen molar-refractivity contribution in [3.63, 3.8) is 0 Å². The molecule has 0 aromatic carbocycles. The molecule has 0 aromatic rings. The summed E-state index contributed by atoms with van der Waals surface area (Å²) in [6.45, 7) is 18.3. The second-order valence-electron chi connectivity index (χ2n) is 9.76. The van der Waals surface area contributed by atoms with Gasteiger partial charge in [0.15, 0.2) is 0 Å². The summed E-state index contributed by atoms with van der Waals surface area (Å²) >= 11 is 4.35. The zero-order valence-electron chi connectivity index (χ0n) is 29.1. The minimum atomic E-state index is -2.87. The van der Waals surface area contributed by atoms with E-state index in [0.717, 1.165) is 38.2 Å². The average molecular weight is 707 g/mol.